The molecule has 0 bridgehead atoms. The first-order chi connectivity index (χ1) is 11.7. The first-order valence-electron chi connectivity index (χ1n) is 8.45. The number of amides is 1. The van der Waals surface area contributed by atoms with E-state index in [4.69, 9.17) is 4.74 Å². The molecule has 1 aliphatic rings. The van der Waals surface area contributed by atoms with Gasteiger partial charge in [0.15, 0.2) is 0 Å². The molecule has 0 saturated heterocycles. The average Bonchev–Trinajstić information content (AvgIpc) is 3.08. The van der Waals surface area contributed by atoms with Gasteiger partial charge in [-0.05, 0) is 36.6 Å². The summed E-state index contributed by atoms with van der Waals surface area (Å²) in [7, 11) is 0. The lowest BCUT2D eigenvalue weighted by Crippen LogP contribution is -2.33. The Bertz CT molecular complexity index is 681. The van der Waals surface area contributed by atoms with Gasteiger partial charge in [-0.1, -0.05) is 59.1 Å². The van der Waals surface area contributed by atoms with Crippen molar-refractivity contribution >= 4 is 21.8 Å². The third kappa shape index (κ3) is 4.84. The molecule has 24 heavy (non-hydrogen) atoms. The van der Waals surface area contributed by atoms with Crippen LogP contribution in [0.25, 0.3) is 0 Å². The molecule has 1 saturated carbocycles. The molecule has 126 valence electrons. The monoisotopic (exact) mass is 387 g/mol. The summed E-state index contributed by atoms with van der Waals surface area (Å²) < 4.78 is 6.90. The molecular weight excluding hydrogens is 366 g/mol. The van der Waals surface area contributed by atoms with Crippen LogP contribution in [0, 0.1) is 0 Å². The van der Waals surface area contributed by atoms with Crippen molar-refractivity contribution in [3.05, 3.63) is 64.1 Å². The normalized spacial score (nSPS) is 14.5. The molecule has 0 spiro atoms. The van der Waals surface area contributed by atoms with E-state index in [9.17, 15) is 4.79 Å². The van der Waals surface area contributed by atoms with E-state index in [1.165, 1.54) is 12.8 Å². The van der Waals surface area contributed by atoms with Gasteiger partial charge in [0.25, 0.3) is 0 Å². The first kappa shape index (κ1) is 17.0. The number of halogens is 1. The van der Waals surface area contributed by atoms with Gasteiger partial charge in [-0.3, -0.25) is 4.79 Å². The van der Waals surface area contributed by atoms with Crippen molar-refractivity contribution in [1.29, 1.82) is 0 Å². The van der Waals surface area contributed by atoms with E-state index in [1.54, 1.807) is 0 Å². The highest BCUT2D eigenvalue weighted by atomic mass is 79.9. The fraction of sp³-hybridized carbons (Fsp3) is 0.350. The maximum atomic E-state index is 12.3. The molecule has 1 aliphatic carbocycles. The molecule has 3 rings (SSSR count). The first-order valence-corrected chi connectivity index (χ1v) is 9.24. The number of ether oxygens (including phenoxy) is 1. The second-order valence-electron chi connectivity index (χ2n) is 6.25. The molecular formula is C20H22BrNO2. The SMILES string of the molecule is O=C(Cc1cc(Br)ccc1OCc1ccccc1)NC1CCCC1. The third-order valence-corrected chi connectivity index (χ3v) is 4.82. The predicted molar refractivity (Wildman–Crippen MR) is 99.0 cm³/mol. The number of hydrogen-bond donors (Lipinski definition) is 1. The van der Waals surface area contributed by atoms with Gasteiger partial charge in [0, 0.05) is 16.1 Å². The van der Waals surface area contributed by atoms with Gasteiger partial charge >= 0.3 is 0 Å². The fourth-order valence-corrected chi connectivity index (χ4v) is 3.49. The number of rotatable bonds is 6. The molecule has 0 aromatic heterocycles. The van der Waals surface area contributed by atoms with Gasteiger partial charge in [0.2, 0.25) is 5.91 Å². The summed E-state index contributed by atoms with van der Waals surface area (Å²) in [5, 5.41) is 3.14. The zero-order valence-electron chi connectivity index (χ0n) is 13.6. The zero-order chi connectivity index (χ0) is 16.8. The summed E-state index contributed by atoms with van der Waals surface area (Å²) in [4.78, 5) is 12.3. The lowest BCUT2D eigenvalue weighted by Gasteiger charge is -2.15. The lowest BCUT2D eigenvalue weighted by molar-refractivity contribution is -0.121. The van der Waals surface area contributed by atoms with Crippen LogP contribution in [0.2, 0.25) is 0 Å². The Kier molecular flexibility index (Phi) is 5.91. The van der Waals surface area contributed by atoms with Crippen LogP contribution in [0.1, 0.15) is 36.8 Å². The van der Waals surface area contributed by atoms with E-state index < -0.39 is 0 Å². The smallest absolute Gasteiger partial charge is 0.224 e. The van der Waals surface area contributed by atoms with Crippen molar-refractivity contribution < 1.29 is 9.53 Å². The maximum absolute atomic E-state index is 12.3. The maximum Gasteiger partial charge on any atom is 0.224 e. The number of carbonyl (C=O) groups excluding carboxylic acids is 1. The van der Waals surface area contributed by atoms with E-state index in [-0.39, 0.29) is 5.91 Å². The topological polar surface area (TPSA) is 38.3 Å². The third-order valence-electron chi connectivity index (χ3n) is 4.33. The molecule has 0 heterocycles. The van der Waals surface area contributed by atoms with E-state index in [0.29, 0.717) is 19.1 Å². The largest absolute Gasteiger partial charge is 0.489 e. The van der Waals surface area contributed by atoms with E-state index in [2.05, 4.69) is 21.2 Å². The second kappa shape index (κ2) is 8.34. The highest BCUT2D eigenvalue weighted by molar-refractivity contribution is 9.10. The molecule has 0 radical (unpaired) electrons. The van der Waals surface area contributed by atoms with Crippen molar-refractivity contribution in [2.24, 2.45) is 0 Å². The summed E-state index contributed by atoms with van der Waals surface area (Å²) in [5.74, 6) is 0.841. The Hall–Kier alpha value is -1.81. The van der Waals surface area contributed by atoms with Crippen LogP contribution in [0.3, 0.4) is 0 Å². The highest BCUT2D eigenvalue weighted by Gasteiger charge is 2.18. The molecule has 2 aromatic rings. The average molecular weight is 388 g/mol. The lowest BCUT2D eigenvalue weighted by atomic mass is 10.1. The van der Waals surface area contributed by atoms with Crippen LogP contribution >= 0.6 is 15.9 Å². The van der Waals surface area contributed by atoms with Crippen LogP contribution in [0.4, 0.5) is 0 Å². The molecule has 0 unspecified atom stereocenters. The molecule has 1 amide bonds. The highest BCUT2D eigenvalue weighted by Crippen LogP contribution is 2.25. The Morgan fingerprint density at radius 3 is 2.62 bits per heavy atom. The molecule has 0 atom stereocenters. The van der Waals surface area contributed by atoms with E-state index >= 15 is 0 Å². The summed E-state index contributed by atoms with van der Waals surface area (Å²) >= 11 is 3.48. The summed E-state index contributed by atoms with van der Waals surface area (Å²) in [6.45, 7) is 0.500. The van der Waals surface area contributed by atoms with Gasteiger partial charge in [0.1, 0.15) is 12.4 Å². The van der Waals surface area contributed by atoms with E-state index in [0.717, 1.165) is 34.2 Å². The molecule has 0 aliphatic heterocycles. The minimum absolute atomic E-state index is 0.0737. The molecule has 2 aromatic carbocycles. The van der Waals surface area contributed by atoms with E-state index in [1.807, 2.05) is 48.5 Å². The van der Waals surface area contributed by atoms with Crippen LogP contribution in [-0.2, 0) is 17.8 Å². The van der Waals surface area contributed by atoms with Crippen LogP contribution in [0.15, 0.2) is 53.0 Å². The van der Waals surface area contributed by atoms with Crippen LogP contribution in [0.5, 0.6) is 5.75 Å². The van der Waals surface area contributed by atoms with Crippen molar-refractivity contribution in [2.75, 3.05) is 0 Å². The second-order valence-corrected chi connectivity index (χ2v) is 7.17. The zero-order valence-corrected chi connectivity index (χ0v) is 15.2. The molecule has 1 fully saturated rings. The Morgan fingerprint density at radius 1 is 1.12 bits per heavy atom. The summed E-state index contributed by atoms with van der Waals surface area (Å²) in [6, 6.07) is 16.2. The molecule has 4 heteroatoms. The van der Waals surface area contributed by atoms with Crippen molar-refractivity contribution in [2.45, 2.75) is 44.8 Å². The minimum Gasteiger partial charge on any atom is -0.489 e. The number of benzene rings is 2. The van der Waals surface area contributed by atoms with Crippen LogP contribution in [-0.4, -0.2) is 11.9 Å². The fourth-order valence-electron chi connectivity index (χ4n) is 3.08. The van der Waals surface area contributed by atoms with Crippen LogP contribution < -0.4 is 10.1 Å². The minimum atomic E-state index is 0.0737. The predicted octanol–water partition coefficient (Wildman–Crippen LogP) is 4.63. The van der Waals surface area contributed by atoms with Gasteiger partial charge in [0.05, 0.1) is 6.42 Å². The molecule has 3 nitrogen and oxygen atoms in total. The van der Waals surface area contributed by atoms with Crippen molar-refractivity contribution in [3.63, 3.8) is 0 Å². The summed E-state index contributed by atoms with van der Waals surface area (Å²) in [6.07, 6.45) is 4.98. The van der Waals surface area contributed by atoms with Gasteiger partial charge in [-0.15, -0.1) is 0 Å². The summed E-state index contributed by atoms with van der Waals surface area (Å²) in [5.41, 5.74) is 2.03. The Labute approximate surface area is 151 Å². The quantitative estimate of drug-likeness (QED) is 0.784. The number of carbonyl (C=O) groups is 1. The number of nitrogens with one attached hydrogen (secondary N) is 1. The number of hydrogen-bond acceptors (Lipinski definition) is 2. The van der Waals surface area contributed by atoms with Crippen molar-refractivity contribution in [1.82, 2.24) is 5.32 Å². The Balaban J connectivity index is 1.64. The van der Waals surface area contributed by atoms with Gasteiger partial charge in [-0.2, -0.15) is 0 Å². The van der Waals surface area contributed by atoms with Crippen molar-refractivity contribution in [3.8, 4) is 5.75 Å². The van der Waals surface area contributed by atoms with Gasteiger partial charge in [-0.25, -0.2) is 0 Å². The Morgan fingerprint density at radius 2 is 1.88 bits per heavy atom. The standard InChI is InChI=1S/C20H22BrNO2/c21-17-10-11-19(24-14-15-6-2-1-3-7-15)16(12-17)13-20(23)22-18-8-4-5-9-18/h1-3,6-7,10-12,18H,4-5,8-9,13-14H2,(H,22,23). The van der Waals surface area contributed by atoms with Gasteiger partial charge < -0.3 is 10.1 Å². The molecule has 1 N–H and O–H groups in total.